The van der Waals surface area contributed by atoms with Crippen LogP contribution in [-0.2, 0) is 16.1 Å². The molecule has 2 nitrogen and oxygen atoms in total. The lowest BCUT2D eigenvalue weighted by molar-refractivity contribution is -0.0481. The highest BCUT2D eigenvalue weighted by atomic mass is 16.5. The van der Waals surface area contributed by atoms with E-state index in [1.54, 1.807) is 0 Å². The lowest BCUT2D eigenvalue weighted by Gasteiger charge is -2.25. The van der Waals surface area contributed by atoms with Gasteiger partial charge >= 0.3 is 0 Å². The van der Waals surface area contributed by atoms with Crippen molar-refractivity contribution in [1.82, 2.24) is 0 Å². The summed E-state index contributed by atoms with van der Waals surface area (Å²) >= 11 is 0. The summed E-state index contributed by atoms with van der Waals surface area (Å²) in [6, 6.07) is 10.2. The Labute approximate surface area is 109 Å². The van der Waals surface area contributed by atoms with Crippen LogP contribution < -0.4 is 0 Å². The molecule has 1 heterocycles. The van der Waals surface area contributed by atoms with Gasteiger partial charge in [-0.3, -0.25) is 0 Å². The van der Waals surface area contributed by atoms with E-state index >= 15 is 0 Å². The van der Waals surface area contributed by atoms with Crippen molar-refractivity contribution in [1.29, 1.82) is 0 Å². The molecule has 0 radical (unpaired) electrons. The maximum Gasteiger partial charge on any atom is 0.0851 e. The van der Waals surface area contributed by atoms with Crippen molar-refractivity contribution in [3.05, 3.63) is 60.7 Å². The summed E-state index contributed by atoms with van der Waals surface area (Å²) in [4.78, 5) is 0. The molecule has 96 valence electrons. The van der Waals surface area contributed by atoms with Crippen LogP contribution in [0, 0.1) is 0 Å². The Hall–Kier alpha value is -1.38. The van der Waals surface area contributed by atoms with E-state index in [1.807, 2.05) is 24.3 Å². The second-order valence-electron chi connectivity index (χ2n) is 4.49. The zero-order chi connectivity index (χ0) is 12.6. The van der Waals surface area contributed by atoms with Crippen LogP contribution in [0.3, 0.4) is 0 Å². The van der Waals surface area contributed by atoms with E-state index in [4.69, 9.17) is 9.47 Å². The molecule has 0 aromatic heterocycles. The van der Waals surface area contributed by atoms with Gasteiger partial charge in [0, 0.05) is 0 Å². The summed E-state index contributed by atoms with van der Waals surface area (Å²) in [5, 5.41) is 0. The van der Waals surface area contributed by atoms with Crippen LogP contribution in [-0.4, -0.2) is 18.8 Å². The standard InChI is InChI=1S/C16H20O2/c1-2-7-15-10-6-11-16(18-15)13-17-12-14-8-4-3-5-9-14/h2-6,8-10,15-16H,1,7,11-13H2/t15-,16+/m1/s1. The van der Waals surface area contributed by atoms with Crippen LogP contribution in [0.25, 0.3) is 0 Å². The molecule has 18 heavy (non-hydrogen) atoms. The Morgan fingerprint density at radius 3 is 2.94 bits per heavy atom. The fourth-order valence-electron chi connectivity index (χ4n) is 2.02. The normalized spacial score (nSPS) is 22.9. The van der Waals surface area contributed by atoms with E-state index in [9.17, 15) is 0 Å². The van der Waals surface area contributed by atoms with Crippen molar-refractivity contribution < 1.29 is 9.47 Å². The quantitative estimate of drug-likeness (QED) is 0.713. The molecule has 0 saturated carbocycles. The van der Waals surface area contributed by atoms with Crippen LogP contribution >= 0.6 is 0 Å². The number of benzene rings is 1. The number of hydrogen-bond acceptors (Lipinski definition) is 2. The van der Waals surface area contributed by atoms with Crippen molar-refractivity contribution in [3.8, 4) is 0 Å². The van der Waals surface area contributed by atoms with Crippen molar-refractivity contribution in [3.63, 3.8) is 0 Å². The van der Waals surface area contributed by atoms with Crippen LogP contribution in [0.15, 0.2) is 55.1 Å². The fraction of sp³-hybridized carbons (Fsp3) is 0.375. The summed E-state index contributed by atoms with van der Waals surface area (Å²) in [6.07, 6.45) is 8.31. The number of hydrogen-bond donors (Lipinski definition) is 0. The van der Waals surface area contributed by atoms with E-state index in [2.05, 4.69) is 30.9 Å². The highest BCUT2D eigenvalue weighted by Gasteiger charge is 2.17. The Kier molecular flexibility index (Phi) is 5.18. The fourth-order valence-corrected chi connectivity index (χ4v) is 2.02. The lowest BCUT2D eigenvalue weighted by atomic mass is 10.1. The van der Waals surface area contributed by atoms with Gasteiger partial charge in [0.2, 0.25) is 0 Å². The van der Waals surface area contributed by atoms with Gasteiger partial charge in [-0.25, -0.2) is 0 Å². The molecule has 0 N–H and O–H groups in total. The summed E-state index contributed by atoms with van der Waals surface area (Å²) < 4.78 is 11.6. The average molecular weight is 244 g/mol. The lowest BCUT2D eigenvalue weighted by Crippen LogP contribution is -2.27. The molecule has 1 aromatic carbocycles. The molecule has 0 bridgehead atoms. The molecule has 0 saturated heterocycles. The molecular formula is C16H20O2. The zero-order valence-corrected chi connectivity index (χ0v) is 10.6. The van der Waals surface area contributed by atoms with Crippen LogP contribution in [0.1, 0.15) is 18.4 Å². The summed E-state index contributed by atoms with van der Waals surface area (Å²) in [7, 11) is 0. The van der Waals surface area contributed by atoms with Gasteiger partial charge < -0.3 is 9.47 Å². The molecule has 0 spiro atoms. The van der Waals surface area contributed by atoms with Crippen LogP contribution in [0.5, 0.6) is 0 Å². The monoisotopic (exact) mass is 244 g/mol. The molecule has 1 aliphatic rings. The predicted octanol–water partition coefficient (Wildman–Crippen LogP) is 3.49. The van der Waals surface area contributed by atoms with E-state index in [-0.39, 0.29) is 12.2 Å². The highest BCUT2D eigenvalue weighted by molar-refractivity contribution is 5.13. The second kappa shape index (κ2) is 7.14. The Bertz CT molecular complexity index is 383. The van der Waals surface area contributed by atoms with Gasteiger partial charge in [0.05, 0.1) is 25.4 Å². The third kappa shape index (κ3) is 4.13. The Morgan fingerprint density at radius 2 is 2.17 bits per heavy atom. The summed E-state index contributed by atoms with van der Waals surface area (Å²) in [5.74, 6) is 0. The van der Waals surface area contributed by atoms with Gasteiger partial charge in [-0.2, -0.15) is 0 Å². The molecule has 2 rings (SSSR count). The van der Waals surface area contributed by atoms with E-state index in [1.165, 1.54) is 5.56 Å². The minimum Gasteiger partial charge on any atom is -0.374 e. The topological polar surface area (TPSA) is 18.5 Å². The molecule has 2 atom stereocenters. The van der Waals surface area contributed by atoms with Gasteiger partial charge in [-0.15, -0.1) is 6.58 Å². The SMILES string of the molecule is C=CC[C@@H]1C=CC[C@@H](COCc2ccccc2)O1. The van der Waals surface area contributed by atoms with Gasteiger partial charge in [0.15, 0.2) is 0 Å². The van der Waals surface area contributed by atoms with Crippen molar-refractivity contribution in [2.24, 2.45) is 0 Å². The van der Waals surface area contributed by atoms with E-state index < -0.39 is 0 Å². The first-order valence-electron chi connectivity index (χ1n) is 6.43. The first-order valence-corrected chi connectivity index (χ1v) is 6.43. The van der Waals surface area contributed by atoms with Crippen molar-refractivity contribution in [2.45, 2.75) is 31.7 Å². The smallest absolute Gasteiger partial charge is 0.0851 e. The maximum absolute atomic E-state index is 5.88. The summed E-state index contributed by atoms with van der Waals surface area (Å²) in [5.41, 5.74) is 1.20. The van der Waals surface area contributed by atoms with Crippen molar-refractivity contribution in [2.75, 3.05) is 6.61 Å². The molecular weight excluding hydrogens is 224 g/mol. The van der Waals surface area contributed by atoms with E-state index in [0.717, 1.165) is 12.8 Å². The minimum atomic E-state index is 0.168. The predicted molar refractivity (Wildman–Crippen MR) is 73.3 cm³/mol. The molecule has 0 fully saturated rings. The zero-order valence-electron chi connectivity index (χ0n) is 10.6. The Balaban J connectivity index is 1.71. The van der Waals surface area contributed by atoms with Crippen LogP contribution in [0.4, 0.5) is 0 Å². The molecule has 2 heteroatoms. The maximum atomic E-state index is 5.88. The third-order valence-electron chi connectivity index (χ3n) is 2.93. The molecule has 0 aliphatic carbocycles. The average Bonchev–Trinajstić information content (AvgIpc) is 2.41. The first kappa shape index (κ1) is 13.1. The number of rotatable bonds is 6. The Morgan fingerprint density at radius 1 is 1.33 bits per heavy atom. The molecule has 1 aromatic rings. The molecule has 0 amide bonds. The van der Waals surface area contributed by atoms with Crippen LogP contribution in [0.2, 0.25) is 0 Å². The van der Waals surface area contributed by atoms with Crippen molar-refractivity contribution >= 4 is 0 Å². The number of ether oxygens (including phenoxy) is 2. The van der Waals surface area contributed by atoms with Gasteiger partial charge in [0.25, 0.3) is 0 Å². The minimum absolute atomic E-state index is 0.168. The van der Waals surface area contributed by atoms with Gasteiger partial charge in [-0.05, 0) is 18.4 Å². The molecule has 0 unspecified atom stereocenters. The summed E-state index contributed by atoms with van der Waals surface area (Å²) in [6.45, 7) is 5.03. The largest absolute Gasteiger partial charge is 0.374 e. The third-order valence-corrected chi connectivity index (χ3v) is 2.93. The van der Waals surface area contributed by atoms with Gasteiger partial charge in [0.1, 0.15) is 0 Å². The highest BCUT2D eigenvalue weighted by Crippen LogP contribution is 2.16. The van der Waals surface area contributed by atoms with Gasteiger partial charge in [-0.1, -0.05) is 48.6 Å². The van der Waals surface area contributed by atoms with E-state index in [0.29, 0.717) is 13.2 Å². The second-order valence-corrected chi connectivity index (χ2v) is 4.49. The first-order chi connectivity index (χ1) is 8.88. The molecule has 1 aliphatic heterocycles.